The van der Waals surface area contributed by atoms with E-state index >= 15 is 0 Å². The molecule has 2 aromatic carbocycles. The van der Waals surface area contributed by atoms with E-state index in [0.29, 0.717) is 0 Å². The molecule has 0 aliphatic carbocycles. The largest absolute Gasteiger partial charge is 0.497 e. The molecule has 3 rings (SSSR count). The van der Waals surface area contributed by atoms with Gasteiger partial charge in [0.05, 0.1) is 18.2 Å². The summed E-state index contributed by atoms with van der Waals surface area (Å²) in [6.45, 7) is 0.468. The van der Waals surface area contributed by atoms with Crippen LogP contribution in [0.2, 0.25) is 0 Å². The molecule has 6 nitrogen and oxygen atoms in total. The highest BCUT2D eigenvalue weighted by molar-refractivity contribution is 5.97. The van der Waals surface area contributed by atoms with E-state index in [-0.39, 0.29) is 30.0 Å². The van der Waals surface area contributed by atoms with Gasteiger partial charge in [-0.3, -0.25) is 9.59 Å². The Balaban J connectivity index is 1.76. The number of amides is 2. The Hall–Kier alpha value is -3.30. The Labute approximate surface area is 182 Å². The Morgan fingerprint density at radius 2 is 1.41 bits per heavy atom. The van der Waals surface area contributed by atoms with Crippen LogP contribution in [-0.4, -0.2) is 60.5 Å². The molecule has 1 heterocycles. The number of hydrogen-bond donors (Lipinski definition) is 0. The van der Waals surface area contributed by atoms with Crippen molar-refractivity contribution in [3.05, 3.63) is 59.2 Å². The number of benzene rings is 2. The number of rotatable bonds is 5. The van der Waals surface area contributed by atoms with Crippen LogP contribution in [0.15, 0.2) is 36.4 Å². The number of hydrogen-bond acceptors (Lipinski definition) is 4. The van der Waals surface area contributed by atoms with Crippen molar-refractivity contribution in [1.29, 1.82) is 0 Å². The van der Waals surface area contributed by atoms with Crippen LogP contribution in [0.3, 0.4) is 0 Å². The number of halogens is 4. The summed E-state index contributed by atoms with van der Waals surface area (Å²) in [4.78, 5) is 28.7. The van der Waals surface area contributed by atoms with Gasteiger partial charge in [0.15, 0.2) is 0 Å². The van der Waals surface area contributed by atoms with Crippen molar-refractivity contribution in [2.75, 3.05) is 20.2 Å². The molecule has 2 atom stereocenters. The van der Waals surface area contributed by atoms with Gasteiger partial charge < -0.3 is 19.3 Å². The summed E-state index contributed by atoms with van der Waals surface area (Å²) in [7, 11) is 1.39. The number of carbonyl (C=O) groups is 2. The smallest absolute Gasteiger partial charge is 0.387 e. The minimum atomic E-state index is -3.11. The normalized spacial score (nSPS) is 18.6. The molecule has 10 heteroatoms. The van der Waals surface area contributed by atoms with E-state index in [2.05, 4.69) is 4.74 Å². The lowest BCUT2D eigenvalue weighted by Gasteiger charge is -2.44. The molecule has 0 radical (unpaired) electrons. The number of piperazine rings is 1. The lowest BCUT2D eigenvalue weighted by Crippen LogP contribution is -2.60. The van der Waals surface area contributed by atoms with Crippen molar-refractivity contribution in [3.8, 4) is 11.5 Å². The summed E-state index contributed by atoms with van der Waals surface area (Å²) in [6, 6.07) is 5.81. The molecule has 1 fully saturated rings. The standard InChI is InChI=1S/C22H22F4N2O4/c1-12-10-27(20(29)16-6-4-14(31-3)8-18(16)23)11-13(2)28(12)21(30)17-7-5-15(9-19(17)24)32-22(25)26/h4-9,12-13,22H,10-11H2,1-3H3/t12-,13-/m1/s1. The quantitative estimate of drug-likeness (QED) is 0.642. The first kappa shape index (κ1) is 23.4. The SMILES string of the molecule is COc1ccc(C(=O)N2C[C@@H](C)N(C(=O)c3ccc(OC(F)F)cc3F)[C@H](C)C2)c(F)c1. The van der Waals surface area contributed by atoms with Crippen LogP contribution in [0.5, 0.6) is 11.5 Å². The Morgan fingerprint density at radius 3 is 1.91 bits per heavy atom. The van der Waals surface area contributed by atoms with Crippen LogP contribution in [-0.2, 0) is 0 Å². The summed E-state index contributed by atoms with van der Waals surface area (Å²) in [5.41, 5.74) is -0.420. The molecule has 0 bridgehead atoms. The molecule has 2 aromatic rings. The molecule has 1 saturated heterocycles. The summed E-state index contributed by atoms with van der Waals surface area (Å²) < 4.78 is 62.4. The monoisotopic (exact) mass is 454 g/mol. The molecule has 1 aliphatic rings. The maximum Gasteiger partial charge on any atom is 0.387 e. The number of nitrogens with zero attached hydrogens (tertiary/aromatic N) is 2. The topological polar surface area (TPSA) is 59.1 Å². The molecule has 0 N–H and O–H groups in total. The van der Waals surface area contributed by atoms with E-state index < -0.39 is 47.9 Å². The van der Waals surface area contributed by atoms with Crippen LogP contribution in [0.4, 0.5) is 17.6 Å². The van der Waals surface area contributed by atoms with Crippen molar-refractivity contribution in [1.82, 2.24) is 9.80 Å². The second kappa shape index (κ2) is 9.46. The number of alkyl halides is 2. The summed E-state index contributed by atoms with van der Waals surface area (Å²) in [5, 5.41) is 0. The van der Waals surface area contributed by atoms with Crippen molar-refractivity contribution in [2.24, 2.45) is 0 Å². The van der Waals surface area contributed by atoms with Crippen molar-refractivity contribution < 1.29 is 36.6 Å². The number of carbonyl (C=O) groups excluding carboxylic acids is 2. The van der Waals surface area contributed by atoms with E-state index in [4.69, 9.17) is 4.74 Å². The Morgan fingerprint density at radius 1 is 0.906 bits per heavy atom. The highest BCUT2D eigenvalue weighted by Gasteiger charge is 2.36. The van der Waals surface area contributed by atoms with E-state index in [1.54, 1.807) is 13.8 Å². The van der Waals surface area contributed by atoms with Crippen molar-refractivity contribution in [3.63, 3.8) is 0 Å². The third-order valence-corrected chi connectivity index (χ3v) is 5.24. The Kier molecular flexibility index (Phi) is 6.90. The van der Waals surface area contributed by atoms with Crippen molar-refractivity contribution >= 4 is 11.8 Å². The fraction of sp³-hybridized carbons (Fsp3) is 0.364. The van der Waals surface area contributed by atoms with Crippen LogP contribution in [0.1, 0.15) is 34.6 Å². The fourth-order valence-electron chi connectivity index (χ4n) is 3.84. The highest BCUT2D eigenvalue weighted by Crippen LogP contribution is 2.25. The third kappa shape index (κ3) is 4.79. The maximum absolute atomic E-state index is 14.4. The lowest BCUT2D eigenvalue weighted by molar-refractivity contribution is -0.0500. The van der Waals surface area contributed by atoms with E-state index in [1.807, 2.05) is 0 Å². The number of methoxy groups -OCH3 is 1. The first-order valence-electron chi connectivity index (χ1n) is 9.82. The van der Waals surface area contributed by atoms with E-state index in [9.17, 15) is 27.2 Å². The molecule has 0 saturated carbocycles. The maximum atomic E-state index is 14.4. The first-order chi connectivity index (χ1) is 15.1. The second-order valence-electron chi connectivity index (χ2n) is 7.49. The van der Waals surface area contributed by atoms with Gasteiger partial charge in [0.25, 0.3) is 11.8 Å². The molecule has 1 aliphatic heterocycles. The average Bonchev–Trinajstić information content (AvgIpc) is 2.72. The third-order valence-electron chi connectivity index (χ3n) is 5.24. The van der Waals surface area contributed by atoms with Crippen LogP contribution in [0, 0.1) is 11.6 Å². The predicted molar refractivity (Wildman–Crippen MR) is 107 cm³/mol. The van der Waals surface area contributed by atoms with Gasteiger partial charge in [-0.2, -0.15) is 8.78 Å². The van der Waals surface area contributed by atoms with Gasteiger partial charge in [0, 0.05) is 37.3 Å². The Bertz CT molecular complexity index is 1010. The molecular weight excluding hydrogens is 432 g/mol. The molecule has 32 heavy (non-hydrogen) atoms. The summed E-state index contributed by atoms with van der Waals surface area (Å²) in [6.07, 6.45) is 0. The van der Waals surface area contributed by atoms with Gasteiger partial charge in [-0.05, 0) is 38.1 Å². The highest BCUT2D eigenvalue weighted by atomic mass is 19.3. The zero-order chi connectivity index (χ0) is 23.6. The predicted octanol–water partition coefficient (Wildman–Crippen LogP) is 3.95. The molecule has 0 unspecified atom stereocenters. The second-order valence-corrected chi connectivity index (χ2v) is 7.49. The van der Waals surface area contributed by atoms with Crippen LogP contribution in [0.25, 0.3) is 0 Å². The summed E-state index contributed by atoms with van der Waals surface area (Å²) >= 11 is 0. The molecule has 2 amide bonds. The van der Waals surface area contributed by atoms with Gasteiger partial charge in [-0.15, -0.1) is 0 Å². The zero-order valence-electron chi connectivity index (χ0n) is 17.6. The van der Waals surface area contributed by atoms with Crippen LogP contribution >= 0.6 is 0 Å². The van der Waals surface area contributed by atoms with Crippen molar-refractivity contribution in [2.45, 2.75) is 32.5 Å². The molecule has 0 aromatic heterocycles. The van der Waals surface area contributed by atoms with Crippen LogP contribution < -0.4 is 9.47 Å². The minimum Gasteiger partial charge on any atom is -0.497 e. The minimum absolute atomic E-state index is 0.106. The first-order valence-corrected chi connectivity index (χ1v) is 9.82. The summed E-state index contributed by atoms with van der Waals surface area (Å²) in [5.74, 6) is -3.01. The molecule has 0 spiro atoms. The molecule has 172 valence electrons. The number of ether oxygens (including phenoxy) is 2. The fourth-order valence-corrected chi connectivity index (χ4v) is 3.84. The van der Waals surface area contributed by atoms with Gasteiger partial charge in [-0.1, -0.05) is 0 Å². The van der Waals surface area contributed by atoms with Gasteiger partial charge in [0.2, 0.25) is 0 Å². The molecular formula is C22H22F4N2O4. The van der Waals surface area contributed by atoms with Gasteiger partial charge in [-0.25, -0.2) is 8.78 Å². The zero-order valence-corrected chi connectivity index (χ0v) is 17.6. The van der Waals surface area contributed by atoms with Gasteiger partial charge >= 0.3 is 6.61 Å². The van der Waals surface area contributed by atoms with E-state index in [1.165, 1.54) is 29.0 Å². The average molecular weight is 454 g/mol. The van der Waals surface area contributed by atoms with Gasteiger partial charge in [0.1, 0.15) is 23.1 Å². The lowest BCUT2D eigenvalue weighted by atomic mass is 10.0. The van der Waals surface area contributed by atoms with E-state index in [0.717, 1.165) is 24.3 Å².